The smallest absolute Gasteiger partial charge is 0.271 e. The van der Waals surface area contributed by atoms with Crippen molar-refractivity contribution in [2.45, 2.75) is 6.54 Å². The van der Waals surface area contributed by atoms with Crippen LogP contribution in [-0.4, -0.2) is 23.5 Å². The summed E-state index contributed by atoms with van der Waals surface area (Å²) in [5.74, 6) is -0.477. The third kappa shape index (κ3) is 4.64. The monoisotopic (exact) mass is 377 g/mol. The first kappa shape index (κ1) is 18.9. The lowest BCUT2D eigenvalue weighted by molar-refractivity contribution is 0.0846. The Hall–Kier alpha value is -3.87. The van der Waals surface area contributed by atoms with Gasteiger partial charge in [-0.05, 0) is 29.8 Å². The number of hydrogen-bond donors (Lipinski definition) is 2. The molecule has 7 heteroatoms. The van der Waals surface area contributed by atoms with Crippen LogP contribution in [-0.2, 0) is 6.54 Å². The van der Waals surface area contributed by atoms with E-state index in [0.717, 1.165) is 5.56 Å². The number of carbonyl (C=O) groups excluding carboxylic acids is 2. The normalized spacial score (nSPS) is 10.2. The number of methoxy groups -OCH3 is 1. The molecule has 0 aliphatic rings. The van der Waals surface area contributed by atoms with E-state index < -0.39 is 11.8 Å². The highest BCUT2D eigenvalue weighted by Crippen LogP contribution is 2.12. The van der Waals surface area contributed by atoms with Gasteiger partial charge in [0.25, 0.3) is 17.4 Å². The predicted octanol–water partition coefficient (Wildman–Crippen LogP) is 1.98. The molecule has 0 bridgehead atoms. The van der Waals surface area contributed by atoms with E-state index >= 15 is 0 Å². The molecule has 142 valence electrons. The SMILES string of the molecule is COc1cccc(C(=O)NNC(=O)c2ccc(=O)n(Cc3ccccc3)c2)c1. The van der Waals surface area contributed by atoms with Crippen molar-refractivity contribution in [1.29, 1.82) is 0 Å². The molecule has 28 heavy (non-hydrogen) atoms. The Morgan fingerprint density at radius 1 is 0.893 bits per heavy atom. The van der Waals surface area contributed by atoms with Gasteiger partial charge in [-0.25, -0.2) is 0 Å². The number of rotatable bonds is 5. The number of nitrogens with one attached hydrogen (secondary N) is 2. The lowest BCUT2D eigenvalue weighted by Crippen LogP contribution is -2.42. The topological polar surface area (TPSA) is 89.4 Å². The minimum Gasteiger partial charge on any atom is -0.497 e. The van der Waals surface area contributed by atoms with Crippen molar-refractivity contribution in [3.63, 3.8) is 0 Å². The fraction of sp³-hybridized carbons (Fsp3) is 0.0952. The van der Waals surface area contributed by atoms with Crippen LogP contribution in [0.1, 0.15) is 26.3 Å². The van der Waals surface area contributed by atoms with Gasteiger partial charge >= 0.3 is 0 Å². The van der Waals surface area contributed by atoms with E-state index in [1.54, 1.807) is 24.3 Å². The van der Waals surface area contributed by atoms with Gasteiger partial charge in [0, 0.05) is 17.8 Å². The second kappa shape index (κ2) is 8.68. The summed E-state index contributed by atoms with van der Waals surface area (Å²) in [6.45, 7) is 0.344. The van der Waals surface area contributed by atoms with Crippen molar-refractivity contribution in [2.75, 3.05) is 7.11 Å². The number of carbonyl (C=O) groups is 2. The Morgan fingerprint density at radius 2 is 1.61 bits per heavy atom. The summed E-state index contributed by atoms with van der Waals surface area (Å²) in [4.78, 5) is 36.6. The molecule has 3 aromatic rings. The van der Waals surface area contributed by atoms with E-state index in [4.69, 9.17) is 4.74 Å². The van der Waals surface area contributed by atoms with Crippen molar-refractivity contribution in [1.82, 2.24) is 15.4 Å². The van der Waals surface area contributed by atoms with Gasteiger partial charge in [0.2, 0.25) is 0 Å². The molecular weight excluding hydrogens is 358 g/mol. The Labute approximate surface area is 161 Å². The van der Waals surface area contributed by atoms with Crippen LogP contribution in [0.15, 0.2) is 77.7 Å². The zero-order chi connectivity index (χ0) is 19.9. The molecule has 0 radical (unpaired) electrons. The van der Waals surface area contributed by atoms with Crippen LogP contribution in [0.3, 0.4) is 0 Å². The number of benzene rings is 2. The maximum absolute atomic E-state index is 12.4. The zero-order valence-corrected chi connectivity index (χ0v) is 15.2. The van der Waals surface area contributed by atoms with Gasteiger partial charge in [0.1, 0.15) is 5.75 Å². The molecule has 0 unspecified atom stereocenters. The number of hydrazine groups is 1. The number of nitrogens with zero attached hydrogens (tertiary/aromatic N) is 1. The molecule has 1 aromatic heterocycles. The van der Waals surface area contributed by atoms with Crippen LogP contribution in [0.5, 0.6) is 5.75 Å². The number of pyridine rings is 1. The van der Waals surface area contributed by atoms with E-state index in [2.05, 4.69) is 10.9 Å². The summed E-state index contributed by atoms with van der Waals surface area (Å²) in [7, 11) is 1.50. The van der Waals surface area contributed by atoms with Crippen LogP contribution in [0.4, 0.5) is 0 Å². The Kier molecular flexibility index (Phi) is 5.86. The highest BCUT2D eigenvalue weighted by Gasteiger charge is 2.11. The van der Waals surface area contributed by atoms with Crippen LogP contribution in [0.2, 0.25) is 0 Å². The van der Waals surface area contributed by atoms with E-state index in [-0.39, 0.29) is 11.1 Å². The third-order valence-corrected chi connectivity index (χ3v) is 4.06. The van der Waals surface area contributed by atoms with Gasteiger partial charge in [-0.15, -0.1) is 0 Å². The van der Waals surface area contributed by atoms with Gasteiger partial charge in [0.05, 0.1) is 19.2 Å². The third-order valence-electron chi connectivity index (χ3n) is 4.06. The van der Waals surface area contributed by atoms with E-state index in [1.807, 2.05) is 30.3 Å². The Bertz CT molecular complexity index is 1040. The quantitative estimate of drug-likeness (QED) is 0.666. The van der Waals surface area contributed by atoms with Crippen molar-refractivity contribution in [2.24, 2.45) is 0 Å². The van der Waals surface area contributed by atoms with Crippen molar-refractivity contribution >= 4 is 11.8 Å². The van der Waals surface area contributed by atoms with Crippen molar-refractivity contribution < 1.29 is 14.3 Å². The molecule has 0 aliphatic heterocycles. The summed E-state index contributed by atoms with van der Waals surface area (Å²) in [6.07, 6.45) is 1.46. The fourth-order valence-corrected chi connectivity index (χ4v) is 2.59. The first-order valence-electron chi connectivity index (χ1n) is 8.56. The summed E-state index contributed by atoms with van der Waals surface area (Å²) in [5, 5.41) is 0. The highest BCUT2D eigenvalue weighted by molar-refractivity contribution is 5.99. The van der Waals surface area contributed by atoms with Crippen LogP contribution in [0.25, 0.3) is 0 Å². The largest absolute Gasteiger partial charge is 0.497 e. The minimum absolute atomic E-state index is 0.221. The second-order valence-electron chi connectivity index (χ2n) is 6.01. The second-order valence-corrected chi connectivity index (χ2v) is 6.01. The van der Waals surface area contributed by atoms with Crippen LogP contribution in [0, 0.1) is 0 Å². The van der Waals surface area contributed by atoms with Gasteiger partial charge in [-0.2, -0.15) is 0 Å². The Balaban J connectivity index is 1.68. The molecule has 2 N–H and O–H groups in total. The summed E-state index contributed by atoms with van der Waals surface area (Å²) < 4.78 is 6.51. The molecule has 2 aromatic carbocycles. The molecule has 1 heterocycles. The fourth-order valence-electron chi connectivity index (χ4n) is 2.59. The average molecular weight is 377 g/mol. The molecular formula is C21H19N3O4. The highest BCUT2D eigenvalue weighted by atomic mass is 16.5. The molecule has 0 atom stereocenters. The summed E-state index contributed by atoms with van der Waals surface area (Å²) in [6, 6.07) is 18.7. The molecule has 0 spiro atoms. The number of hydrogen-bond acceptors (Lipinski definition) is 4. The van der Waals surface area contributed by atoms with Crippen molar-refractivity contribution in [3.8, 4) is 5.75 Å². The van der Waals surface area contributed by atoms with E-state index in [9.17, 15) is 14.4 Å². The van der Waals surface area contributed by atoms with E-state index in [1.165, 1.54) is 30.0 Å². The first-order valence-corrected chi connectivity index (χ1v) is 8.56. The molecule has 3 rings (SSSR count). The molecule has 0 fully saturated rings. The molecule has 2 amide bonds. The average Bonchev–Trinajstić information content (AvgIpc) is 2.74. The maximum atomic E-state index is 12.4. The summed E-state index contributed by atoms with van der Waals surface area (Å²) in [5.41, 5.74) is 6.01. The molecule has 7 nitrogen and oxygen atoms in total. The van der Waals surface area contributed by atoms with Gasteiger partial charge in [-0.1, -0.05) is 36.4 Å². The lowest BCUT2D eigenvalue weighted by atomic mass is 10.2. The zero-order valence-electron chi connectivity index (χ0n) is 15.2. The number of ether oxygens (including phenoxy) is 1. The predicted molar refractivity (Wildman–Crippen MR) is 104 cm³/mol. The Morgan fingerprint density at radius 3 is 2.32 bits per heavy atom. The molecule has 0 saturated heterocycles. The maximum Gasteiger partial charge on any atom is 0.271 e. The van der Waals surface area contributed by atoms with Crippen LogP contribution < -0.4 is 21.1 Å². The van der Waals surface area contributed by atoms with Gasteiger partial charge in [0.15, 0.2) is 0 Å². The molecule has 0 aliphatic carbocycles. The van der Waals surface area contributed by atoms with Crippen LogP contribution >= 0.6 is 0 Å². The number of aromatic nitrogens is 1. The minimum atomic E-state index is -0.530. The lowest BCUT2D eigenvalue weighted by Gasteiger charge is -2.10. The van der Waals surface area contributed by atoms with Crippen molar-refractivity contribution in [3.05, 3.63) is 100.0 Å². The molecule has 0 saturated carbocycles. The van der Waals surface area contributed by atoms with Gasteiger partial charge < -0.3 is 9.30 Å². The number of amides is 2. The standard InChI is InChI=1S/C21H19N3O4/c1-28-18-9-5-8-16(12-18)20(26)22-23-21(27)17-10-11-19(25)24(14-17)13-15-6-3-2-4-7-15/h2-12,14H,13H2,1H3,(H,22,26)(H,23,27). The summed E-state index contributed by atoms with van der Waals surface area (Å²) >= 11 is 0. The van der Waals surface area contributed by atoms with Gasteiger partial charge in [-0.3, -0.25) is 25.2 Å². The van der Waals surface area contributed by atoms with E-state index in [0.29, 0.717) is 17.9 Å². The first-order chi connectivity index (χ1) is 13.6.